The Balaban J connectivity index is 1.56. The SMILES string of the molecule is C=C(C)C(=O)OCC(COC(=O)C(=C)CO)CC1CCC(c2ccc3cc(CCCCC)ccc3c2)CC1. The molecule has 0 bridgehead atoms. The van der Waals surface area contributed by atoms with Crippen LogP contribution in [0.1, 0.15) is 82.3 Å². The molecular formula is C33H44O5. The lowest BCUT2D eigenvalue weighted by molar-refractivity contribution is -0.144. The molecule has 0 aliphatic heterocycles. The smallest absolute Gasteiger partial charge is 0.335 e. The third-order valence-corrected chi connectivity index (χ3v) is 7.71. The van der Waals surface area contributed by atoms with Crippen molar-refractivity contribution in [2.75, 3.05) is 19.8 Å². The number of fused-ring (bicyclic) bond motifs is 1. The Hall–Kier alpha value is -2.92. The van der Waals surface area contributed by atoms with E-state index >= 15 is 0 Å². The molecule has 1 N–H and O–H groups in total. The first-order chi connectivity index (χ1) is 18.3. The fourth-order valence-electron chi connectivity index (χ4n) is 5.37. The molecule has 2 aromatic rings. The molecule has 1 aliphatic rings. The molecule has 1 atom stereocenters. The first-order valence-corrected chi connectivity index (χ1v) is 14.1. The number of benzene rings is 2. The van der Waals surface area contributed by atoms with Gasteiger partial charge in [0.2, 0.25) is 0 Å². The van der Waals surface area contributed by atoms with Crippen LogP contribution < -0.4 is 0 Å². The second-order valence-electron chi connectivity index (χ2n) is 11.0. The van der Waals surface area contributed by atoms with Gasteiger partial charge in [-0.05, 0) is 85.6 Å². The highest BCUT2D eigenvalue weighted by Gasteiger charge is 2.26. The molecule has 0 amide bonds. The van der Waals surface area contributed by atoms with Gasteiger partial charge in [-0.3, -0.25) is 0 Å². The zero-order valence-corrected chi connectivity index (χ0v) is 23.2. The molecule has 206 valence electrons. The first kappa shape index (κ1) is 29.6. The summed E-state index contributed by atoms with van der Waals surface area (Å²) in [5.41, 5.74) is 3.21. The lowest BCUT2D eigenvalue weighted by Gasteiger charge is -2.31. The Morgan fingerprint density at radius 2 is 1.61 bits per heavy atom. The number of rotatable bonds is 14. The van der Waals surface area contributed by atoms with Gasteiger partial charge in [0.05, 0.1) is 25.4 Å². The van der Waals surface area contributed by atoms with Crippen LogP contribution in [0.4, 0.5) is 0 Å². The van der Waals surface area contributed by atoms with Crippen molar-refractivity contribution in [3.05, 3.63) is 71.8 Å². The quantitative estimate of drug-likeness (QED) is 0.164. The lowest BCUT2D eigenvalue weighted by Crippen LogP contribution is -2.25. The minimum Gasteiger partial charge on any atom is -0.462 e. The average Bonchev–Trinajstić information content (AvgIpc) is 2.93. The van der Waals surface area contributed by atoms with Crippen molar-refractivity contribution in [3.8, 4) is 0 Å². The molecule has 1 fully saturated rings. The fourth-order valence-corrected chi connectivity index (χ4v) is 5.37. The lowest BCUT2D eigenvalue weighted by atomic mass is 9.75. The van der Waals surface area contributed by atoms with Gasteiger partial charge in [0.15, 0.2) is 0 Å². The predicted molar refractivity (Wildman–Crippen MR) is 153 cm³/mol. The Morgan fingerprint density at radius 3 is 2.26 bits per heavy atom. The molecule has 0 aromatic heterocycles. The van der Waals surface area contributed by atoms with Gasteiger partial charge in [0.25, 0.3) is 0 Å². The number of carbonyl (C=O) groups is 2. The predicted octanol–water partition coefficient (Wildman–Crippen LogP) is 7.06. The third kappa shape index (κ3) is 8.83. The van der Waals surface area contributed by atoms with Crippen LogP contribution in [0.25, 0.3) is 10.8 Å². The minimum absolute atomic E-state index is 0.0197. The topological polar surface area (TPSA) is 72.8 Å². The summed E-state index contributed by atoms with van der Waals surface area (Å²) in [6.07, 6.45) is 10.1. The van der Waals surface area contributed by atoms with E-state index in [9.17, 15) is 9.59 Å². The van der Waals surface area contributed by atoms with Gasteiger partial charge in [0.1, 0.15) is 0 Å². The van der Waals surface area contributed by atoms with E-state index in [1.807, 2.05) is 0 Å². The van der Waals surface area contributed by atoms with Gasteiger partial charge in [-0.25, -0.2) is 9.59 Å². The number of esters is 2. The maximum atomic E-state index is 12.0. The highest BCUT2D eigenvalue weighted by Crippen LogP contribution is 2.39. The third-order valence-electron chi connectivity index (χ3n) is 7.71. The number of hydrogen-bond donors (Lipinski definition) is 1. The van der Waals surface area contributed by atoms with Crippen LogP contribution in [-0.4, -0.2) is 36.9 Å². The Bertz CT molecular complexity index is 1110. The Labute approximate surface area is 227 Å². The van der Waals surface area contributed by atoms with Crippen LogP contribution in [0.3, 0.4) is 0 Å². The largest absolute Gasteiger partial charge is 0.462 e. The second-order valence-corrected chi connectivity index (χ2v) is 11.0. The summed E-state index contributed by atoms with van der Waals surface area (Å²) in [7, 11) is 0. The summed E-state index contributed by atoms with van der Waals surface area (Å²) < 4.78 is 10.7. The second kappa shape index (κ2) is 14.9. The van der Waals surface area contributed by atoms with Gasteiger partial charge in [0, 0.05) is 11.5 Å². The average molecular weight is 521 g/mol. The molecule has 1 unspecified atom stereocenters. The Morgan fingerprint density at radius 1 is 0.947 bits per heavy atom. The van der Waals surface area contributed by atoms with Crippen LogP contribution in [0.15, 0.2) is 60.7 Å². The molecule has 5 nitrogen and oxygen atoms in total. The van der Waals surface area contributed by atoms with E-state index < -0.39 is 18.5 Å². The van der Waals surface area contributed by atoms with Crippen molar-refractivity contribution in [1.29, 1.82) is 0 Å². The van der Waals surface area contributed by atoms with Gasteiger partial charge in [-0.1, -0.05) is 69.3 Å². The normalized spacial score (nSPS) is 18.1. The van der Waals surface area contributed by atoms with Crippen molar-refractivity contribution < 1.29 is 24.2 Å². The van der Waals surface area contributed by atoms with E-state index in [-0.39, 0.29) is 24.7 Å². The van der Waals surface area contributed by atoms with E-state index in [1.165, 1.54) is 41.2 Å². The van der Waals surface area contributed by atoms with E-state index in [0.29, 0.717) is 17.4 Å². The van der Waals surface area contributed by atoms with Crippen LogP contribution in [0.5, 0.6) is 0 Å². The van der Waals surface area contributed by atoms with Crippen LogP contribution in [-0.2, 0) is 25.5 Å². The zero-order chi connectivity index (χ0) is 27.5. The molecule has 2 aromatic carbocycles. The first-order valence-electron chi connectivity index (χ1n) is 14.1. The zero-order valence-electron chi connectivity index (χ0n) is 23.2. The van der Waals surface area contributed by atoms with Gasteiger partial charge >= 0.3 is 11.9 Å². The van der Waals surface area contributed by atoms with Crippen LogP contribution in [0.2, 0.25) is 0 Å². The van der Waals surface area contributed by atoms with Crippen molar-refractivity contribution in [1.82, 2.24) is 0 Å². The van der Waals surface area contributed by atoms with E-state index in [4.69, 9.17) is 14.6 Å². The molecule has 5 heteroatoms. The highest BCUT2D eigenvalue weighted by atomic mass is 16.5. The summed E-state index contributed by atoms with van der Waals surface area (Å²) in [4.78, 5) is 23.9. The standard InChI is InChI=1S/C33H44O5/c1-5-6-7-8-25-11-14-31-19-30(16-15-29(31)18-25)28-12-9-26(10-13-28)17-27(21-37-32(35)23(2)3)22-38-33(36)24(4)20-34/h11,14-16,18-19,26-28,34H,2,4-10,12-13,17,20-22H2,1,3H3. The van der Waals surface area contributed by atoms with Crippen molar-refractivity contribution in [2.24, 2.45) is 11.8 Å². The summed E-state index contributed by atoms with van der Waals surface area (Å²) in [5.74, 6) is -0.135. The number of ether oxygens (including phenoxy) is 2. The molecular weight excluding hydrogens is 476 g/mol. The summed E-state index contributed by atoms with van der Waals surface area (Å²) in [6.45, 7) is 10.9. The van der Waals surface area contributed by atoms with Crippen molar-refractivity contribution >= 4 is 22.7 Å². The monoisotopic (exact) mass is 520 g/mol. The molecule has 38 heavy (non-hydrogen) atoms. The number of unbranched alkanes of at least 4 members (excludes halogenated alkanes) is 2. The maximum absolute atomic E-state index is 12.0. The van der Waals surface area contributed by atoms with Crippen LogP contribution in [0, 0.1) is 11.8 Å². The van der Waals surface area contributed by atoms with E-state index in [1.54, 1.807) is 6.92 Å². The number of aliphatic hydroxyl groups is 1. The fraction of sp³-hybridized carbons (Fsp3) is 0.515. The summed E-state index contributed by atoms with van der Waals surface area (Å²) >= 11 is 0. The minimum atomic E-state index is -0.614. The molecule has 3 rings (SSSR count). The van der Waals surface area contributed by atoms with Crippen LogP contribution >= 0.6 is 0 Å². The van der Waals surface area contributed by atoms with Gasteiger partial charge < -0.3 is 14.6 Å². The highest BCUT2D eigenvalue weighted by molar-refractivity contribution is 5.88. The molecule has 0 saturated heterocycles. The molecule has 0 heterocycles. The van der Waals surface area contributed by atoms with Crippen molar-refractivity contribution in [2.45, 2.75) is 77.6 Å². The molecule has 0 radical (unpaired) electrons. The molecule has 0 spiro atoms. The maximum Gasteiger partial charge on any atom is 0.335 e. The number of hydrogen-bond acceptors (Lipinski definition) is 5. The number of carbonyl (C=O) groups excluding carboxylic acids is 2. The summed E-state index contributed by atoms with van der Waals surface area (Å²) in [5, 5.41) is 11.8. The molecule has 1 aliphatic carbocycles. The van der Waals surface area contributed by atoms with E-state index in [2.05, 4.69) is 56.5 Å². The van der Waals surface area contributed by atoms with E-state index in [0.717, 1.165) is 38.5 Å². The number of aryl methyl sites for hydroxylation is 1. The van der Waals surface area contributed by atoms with Gasteiger partial charge in [-0.2, -0.15) is 0 Å². The number of aliphatic hydroxyl groups excluding tert-OH is 1. The summed E-state index contributed by atoms with van der Waals surface area (Å²) in [6, 6.07) is 13.8. The molecule has 1 saturated carbocycles. The van der Waals surface area contributed by atoms with Gasteiger partial charge in [-0.15, -0.1) is 0 Å². The van der Waals surface area contributed by atoms with Crippen molar-refractivity contribution in [3.63, 3.8) is 0 Å². The Kier molecular flexibility index (Phi) is 11.6.